The van der Waals surface area contributed by atoms with Crippen LogP contribution in [-0.2, 0) is 13.5 Å². The van der Waals surface area contributed by atoms with E-state index in [1.807, 2.05) is 30.9 Å². The fourth-order valence-corrected chi connectivity index (χ4v) is 4.62. The van der Waals surface area contributed by atoms with Gasteiger partial charge in [0, 0.05) is 60.2 Å². The smallest absolute Gasteiger partial charge is 0.166 e. The molecular weight excluding hydrogens is 419 g/mol. The summed E-state index contributed by atoms with van der Waals surface area (Å²) < 4.78 is 22.4. The predicted octanol–water partition coefficient (Wildman–Crippen LogP) is 3.71. The molecule has 1 saturated carbocycles. The molecule has 3 heterocycles. The molecule has 1 aliphatic carbocycles. The topological polar surface area (TPSA) is 104 Å². The molecule has 5 rings (SSSR count). The molecular formula is C25H29FN6O. The molecule has 33 heavy (non-hydrogen) atoms. The predicted molar refractivity (Wildman–Crippen MR) is 127 cm³/mol. The zero-order valence-electron chi connectivity index (χ0n) is 18.9. The molecule has 5 N–H and O–H groups in total. The number of nitrogen functional groups attached to an aromatic ring is 1. The van der Waals surface area contributed by atoms with E-state index in [0.717, 1.165) is 52.1 Å². The molecule has 0 saturated heterocycles. The summed E-state index contributed by atoms with van der Waals surface area (Å²) in [5.74, 6) is 0.429. The van der Waals surface area contributed by atoms with E-state index in [-0.39, 0.29) is 5.82 Å². The molecule has 172 valence electrons. The highest BCUT2D eigenvalue weighted by Gasteiger charge is 2.25. The zero-order chi connectivity index (χ0) is 23.1. The third-order valence-electron chi connectivity index (χ3n) is 6.65. The average molecular weight is 449 g/mol. The fraction of sp³-hybridized carbons (Fsp3) is 0.360. The first kappa shape index (κ1) is 21.5. The summed E-state index contributed by atoms with van der Waals surface area (Å²) in [4.78, 5) is 4.40. The summed E-state index contributed by atoms with van der Waals surface area (Å²) in [7, 11) is 1.90. The van der Waals surface area contributed by atoms with Crippen LogP contribution < -0.4 is 21.5 Å². The van der Waals surface area contributed by atoms with E-state index in [4.69, 9.17) is 16.2 Å². The van der Waals surface area contributed by atoms with Gasteiger partial charge in [-0.05, 0) is 56.0 Å². The fourth-order valence-electron chi connectivity index (χ4n) is 4.62. The molecule has 2 aliphatic rings. The number of rotatable bonds is 3. The van der Waals surface area contributed by atoms with Gasteiger partial charge in [-0.2, -0.15) is 5.10 Å². The lowest BCUT2D eigenvalue weighted by Crippen LogP contribution is -2.35. The molecule has 1 unspecified atom stereocenters. The lowest BCUT2D eigenvalue weighted by atomic mass is 9.90. The van der Waals surface area contributed by atoms with Gasteiger partial charge in [0.2, 0.25) is 0 Å². The number of hydrogen-bond acceptors (Lipinski definition) is 6. The maximum absolute atomic E-state index is 14.3. The van der Waals surface area contributed by atoms with Gasteiger partial charge in [0.05, 0.1) is 11.9 Å². The van der Waals surface area contributed by atoms with Crippen LogP contribution in [0.4, 0.5) is 10.2 Å². The standard InChI is InChI=1S/C25H29FN6O/c1-14-21-10-18(26)6-7-20(21)24-17(13-30-32(24)2)8-15(11-27)23(31-19-4-3-5-19)16-9-22(33-14)25(28)29-12-16/h6-7,9-10,12-14,19,31H,3-5,8,11,27H2,1-2H3,(H2,28,29)/b23-15-. The van der Waals surface area contributed by atoms with Gasteiger partial charge < -0.3 is 21.5 Å². The second-order valence-corrected chi connectivity index (χ2v) is 8.87. The van der Waals surface area contributed by atoms with Crippen LogP contribution in [0.3, 0.4) is 0 Å². The van der Waals surface area contributed by atoms with Crippen molar-refractivity contribution >= 4 is 11.5 Å². The Morgan fingerprint density at radius 1 is 1.24 bits per heavy atom. The minimum absolute atomic E-state index is 0.291. The summed E-state index contributed by atoms with van der Waals surface area (Å²) in [5, 5.41) is 8.22. The Labute approximate surface area is 192 Å². The van der Waals surface area contributed by atoms with Crippen LogP contribution in [-0.4, -0.2) is 27.4 Å². The Morgan fingerprint density at radius 2 is 2.06 bits per heavy atom. The molecule has 3 aromatic rings. The SMILES string of the molecule is CC1Oc2cc(cnc2N)/C(NC2CCC2)=C(/CN)Cc2cnn(C)c2-c2ccc(F)cc21. The summed E-state index contributed by atoms with van der Waals surface area (Å²) in [6.07, 6.45) is 7.24. The number of pyridine rings is 1. The molecule has 1 aromatic carbocycles. The maximum Gasteiger partial charge on any atom is 0.166 e. The second-order valence-electron chi connectivity index (χ2n) is 8.87. The van der Waals surface area contributed by atoms with Crippen molar-refractivity contribution in [1.82, 2.24) is 20.1 Å². The molecule has 0 radical (unpaired) electrons. The maximum atomic E-state index is 14.3. The van der Waals surface area contributed by atoms with Gasteiger partial charge >= 0.3 is 0 Å². The summed E-state index contributed by atoms with van der Waals surface area (Å²) in [6, 6.07) is 7.08. The zero-order valence-corrected chi connectivity index (χ0v) is 18.9. The first-order valence-corrected chi connectivity index (χ1v) is 11.4. The largest absolute Gasteiger partial charge is 0.482 e. The molecule has 1 aliphatic heterocycles. The van der Waals surface area contributed by atoms with Crippen molar-refractivity contribution in [3.63, 3.8) is 0 Å². The van der Waals surface area contributed by atoms with E-state index in [9.17, 15) is 4.39 Å². The summed E-state index contributed by atoms with van der Waals surface area (Å²) in [5.41, 5.74) is 18.9. The minimum Gasteiger partial charge on any atom is -0.482 e. The van der Waals surface area contributed by atoms with E-state index in [0.29, 0.717) is 30.6 Å². The van der Waals surface area contributed by atoms with Crippen molar-refractivity contribution in [2.45, 2.75) is 44.8 Å². The lowest BCUT2D eigenvalue weighted by Gasteiger charge is -2.31. The molecule has 2 bridgehead atoms. The highest BCUT2D eigenvalue weighted by Crippen LogP contribution is 2.37. The van der Waals surface area contributed by atoms with Crippen LogP contribution in [0.25, 0.3) is 17.0 Å². The lowest BCUT2D eigenvalue weighted by molar-refractivity contribution is 0.227. The number of aryl methyl sites for hydroxylation is 1. The number of ether oxygens (including phenoxy) is 1. The number of hydrogen-bond donors (Lipinski definition) is 3. The number of aromatic nitrogens is 3. The number of halogens is 1. The molecule has 1 atom stereocenters. The van der Waals surface area contributed by atoms with Crippen LogP contribution in [0.5, 0.6) is 5.75 Å². The Hall–Kier alpha value is -3.39. The van der Waals surface area contributed by atoms with Crippen molar-refractivity contribution in [2.75, 3.05) is 12.3 Å². The van der Waals surface area contributed by atoms with Crippen LogP contribution in [0, 0.1) is 5.82 Å². The normalized spacial score (nSPS) is 20.5. The first-order chi connectivity index (χ1) is 15.9. The summed E-state index contributed by atoms with van der Waals surface area (Å²) in [6.45, 7) is 2.26. The summed E-state index contributed by atoms with van der Waals surface area (Å²) >= 11 is 0. The van der Waals surface area contributed by atoms with Crippen molar-refractivity contribution in [3.8, 4) is 17.0 Å². The second kappa shape index (κ2) is 8.51. The van der Waals surface area contributed by atoms with Gasteiger partial charge in [0.15, 0.2) is 11.6 Å². The van der Waals surface area contributed by atoms with E-state index < -0.39 is 6.10 Å². The van der Waals surface area contributed by atoms with Crippen LogP contribution in [0.2, 0.25) is 0 Å². The van der Waals surface area contributed by atoms with Gasteiger partial charge in [0.1, 0.15) is 11.9 Å². The average Bonchev–Trinajstić information content (AvgIpc) is 3.12. The van der Waals surface area contributed by atoms with E-state index in [1.165, 1.54) is 18.6 Å². The van der Waals surface area contributed by atoms with Crippen molar-refractivity contribution < 1.29 is 9.13 Å². The van der Waals surface area contributed by atoms with Crippen LogP contribution >= 0.6 is 0 Å². The van der Waals surface area contributed by atoms with Crippen molar-refractivity contribution in [3.05, 3.63) is 64.7 Å². The first-order valence-electron chi connectivity index (χ1n) is 11.4. The van der Waals surface area contributed by atoms with Gasteiger partial charge in [-0.15, -0.1) is 0 Å². The van der Waals surface area contributed by atoms with E-state index in [1.54, 1.807) is 12.3 Å². The van der Waals surface area contributed by atoms with Crippen LogP contribution in [0.1, 0.15) is 49.0 Å². The molecule has 1 fully saturated rings. The molecule has 0 spiro atoms. The molecule has 0 amide bonds. The Morgan fingerprint density at radius 3 is 2.79 bits per heavy atom. The number of anilines is 1. The number of fused-ring (bicyclic) bond motifs is 5. The molecule has 7 nitrogen and oxygen atoms in total. The Balaban J connectivity index is 1.75. The monoisotopic (exact) mass is 448 g/mol. The number of nitrogens with one attached hydrogen (secondary N) is 1. The van der Waals surface area contributed by atoms with Gasteiger partial charge in [-0.3, -0.25) is 4.68 Å². The number of nitrogens with zero attached hydrogens (tertiary/aromatic N) is 3. The van der Waals surface area contributed by atoms with Crippen molar-refractivity contribution in [2.24, 2.45) is 12.8 Å². The number of benzene rings is 1. The Kier molecular flexibility index (Phi) is 5.54. The minimum atomic E-state index is -0.460. The van der Waals surface area contributed by atoms with E-state index >= 15 is 0 Å². The van der Waals surface area contributed by atoms with Gasteiger partial charge in [0.25, 0.3) is 0 Å². The van der Waals surface area contributed by atoms with E-state index in [2.05, 4.69) is 15.4 Å². The molecule has 2 aromatic heterocycles. The third-order valence-corrected chi connectivity index (χ3v) is 6.65. The third kappa shape index (κ3) is 3.95. The highest BCUT2D eigenvalue weighted by molar-refractivity contribution is 5.73. The van der Waals surface area contributed by atoms with Crippen LogP contribution in [0.15, 0.2) is 42.2 Å². The van der Waals surface area contributed by atoms with Crippen molar-refractivity contribution in [1.29, 1.82) is 0 Å². The quantitative estimate of drug-likeness (QED) is 0.564. The highest BCUT2D eigenvalue weighted by atomic mass is 19.1. The number of nitrogens with two attached hydrogens (primary N) is 2. The van der Waals surface area contributed by atoms with Gasteiger partial charge in [-0.25, -0.2) is 9.37 Å². The van der Waals surface area contributed by atoms with Gasteiger partial charge in [-0.1, -0.05) is 0 Å². The Bertz CT molecular complexity index is 1230. The molecule has 8 heteroatoms.